The number of nitrogens with two attached hydrogens (primary N) is 1. The van der Waals surface area contributed by atoms with Crippen LogP contribution in [0.1, 0.15) is 18.9 Å². The van der Waals surface area contributed by atoms with Crippen LogP contribution < -0.4 is 5.73 Å². The number of nitrogen functional groups attached to an aromatic ring is 1. The topological polar surface area (TPSA) is 73.8 Å². The van der Waals surface area contributed by atoms with Crippen molar-refractivity contribution in [1.29, 1.82) is 0 Å². The zero-order chi connectivity index (χ0) is 13.2. The summed E-state index contributed by atoms with van der Waals surface area (Å²) in [4.78, 5) is 8.37. The van der Waals surface area contributed by atoms with E-state index in [2.05, 4.69) is 14.5 Å². The lowest BCUT2D eigenvalue weighted by Crippen LogP contribution is -2.21. The predicted octanol–water partition coefficient (Wildman–Crippen LogP) is 1.61. The normalized spacial score (nSPS) is 23.4. The Labute approximate surface area is 114 Å². The molecule has 0 spiro atoms. The number of nitrogens with zero attached hydrogens (tertiary/aromatic N) is 3. The molecule has 0 amide bonds. The molecule has 0 saturated carbocycles. The van der Waals surface area contributed by atoms with Crippen molar-refractivity contribution < 1.29 is 4.21 Å². The van der Waals surface area contributed by atoms with E-state index in [0.29, 0.717) is 11.7 Å². The fourth-order valence-electron chi connectivity index (χ4n) is 2.48. The van der Waals surface area contributed by atoms with Gasteiger partial charge in [0.25, 0.3) is 0 Å². The van der Waals surface area contributed by atoms with Crippen LogP contribution in [-0.4, -0.2) is 30.2 Å². The van der Waals surface area contributed by atoms with E-state index in [1.807, 2.05) is 12.5 Å². The second-order valence-corrected chi connectivity index (χ2v) is 6.42. The number of rotatable bonds is 2. The predicted molar refractivity (Wildman–Crippen MR) is 76.0 cm³/mol. The zero-order valence-corrected chi connectivity index (χ0v) is 11.3. The van der Waals surface area contributed by atoms with E-state index in [-0.39, 0.29) is 0 Å². The highest BCUT2D eigenvalue weighted by molar-refractivity contribution is 7.85. The molecule has 6 heteroatoms. The van der Waals surface area contributed by atoms with Crippen LogP contribution >= 0.6 is 0 Å². The van der Waals surface area contributed by atoms with Crippen molar-refractivity contribution in [2.45, 2.75) is 18.9 Å². The molecule has 19 heavy (non-hydrogen) atoms. The highest BCUT2D eigenvalue weighted by atomic mass is 32.2. The van der Waals surface area contributed by atoms with Crippen LogP contribution in [0, 0.1) is 0 Å². The van der Waals surface area contributed by atoms with Gasteiger partial charge in [-0.05, 0) is 18.9 Å². The minimum Gasteiger partial charge on any atom is -0.398 e. The van der Waals surface area contributed by atoms with Crippen molar-refractivity contribution in [3.05, 3.63) is 31.0 Å². The van der Waals surface area contributed by atoms with Crippen molar-refractivity contribution >= 4 is 16.5 Å². The third-order valence-electron chi connectivity index (χ3n) is 3.55. The van der Waals surface area contributed by atoms with Crippen molar-refractivity contribution in [3.63, 3.8) is 0 Å². The third kappa shape index (κ3) is 2.40. The van der Waals surface area contributed by atoms with Gasteiger partial charge in [-0.15, -0.1) is 0 Å². The first kappa shape index (κ1) is 12.3. The van der Waals surface area contributed by atoms with E-state index in [0.717, 1.165) is 35.6 Å². The summed E-state index contributed by atoms with van der Waals surface area (Å²) in [7, 11) is -0.649. The molecule has 1 saturated heterocycles. The maximum absolute atomic E-state index is 11.4. The van der Waals surface area contributed by atoms with Crippen LogP contribution in [0.15, 0.2) is 31.0 Å². The molecule has 3 heterocycles. The third-order valence-corrected chi connectivity index (χ3v) is 4.93. The van der Waals surface area contributed by atoms with Gasteiger partial charge >= 0.3 is 0 Å². The summed E-state index contributed by atoms with van der Waals surface area (Å²) in [6.45, 7) is 0. The van der Waals surface area contributed by atoms with Gasteiger partial charge in [0.1, 0.15) is 0 Å². The monoisotopic (exact) mass is 276 g/mol. The summed E-state index contributed by atoms with van der Waals surface area (Å²) in [5, 5.41) is 0. The maximum atomic E-state index is 11.4. The molecule has 5 nitrogen and oxygen atoms in total. The van der Waals surface area contributed by atoms with Gasteiger partial charge in [-0.3, -0.25) is 9.19 Å². The van der Waals surface area contributed by atoms with E-state index in [1.54, 1.807) is 18.5 Å². The van der Waals surface area contributed by atoms with Crippen LogP contribution in [-0.2, 0) is 10.8 Å². The van der Waals surface area contributed by atoms with Gasteiger partial charge in [0, 0.05) is 52.0 Å². The Morgan fingerprint density at radius 1 is 1.26 bits per heavy atom. The number of aromatic nitrogens is 3. The summed E-state index contributed by atoms with van der Waals surface area (Å²) in [6.07, 6.45) is 8.96. The average molecular weight is 276 g/mol. The summed E-state index contributed by atoms with van der Waals surface area (Å²) in [5.74, 6) is 1.54. The van der Waals surface area contributed by atoms with Crippen LogP contribution in [0.4, 0.5) is 5.69 Å². The van der Waals surface area contributed by atoms with Gasteiger partial charge in [-0.1, -0.05) is 0 Å². The van der Waals surface area contributed by atoms with E-state index in [9.17, 15) is 4.21 Å². The Morgan fingerprint density at radius 3 is 2.79 bits per heavy atom. The Kier molecular flexibility index (Phi) is 3.33. The number of anilines is 1. The molecule has 1 aliphatic rings. The van der Waals surface area contributed by atoms with E-state index in [4.69, 9.17) is 5.73 Å². The minimum absolute atomic E-state index is 0.356. The van der Waals surface area contributed by atoms with Gasteiger partial charge in [-0.2, -0.15) is 0 Å². The Morgan fingerprint density at radius 2 is 2.05 bits per heavy atom. The molecular formula is C13H16N4OS. The largest absolute Gasteiger partial charge is 0.398 e. The fraction of sp³-hybridized carbons (Fsp3) is 0.385. The molecule has 0 unspecified atom stereocenters. The second-order valence-electron chi connectivity index (χ2n) is 4.73. The van der Waals surface area contributed by atoms with Crippen molar-refractivity contribution in [2.75, 3.05) is 17.2 Å². The minimum atomic E-state index is -0.649. The molecule has 0 atom stereocenters. The zero-order valence-electron chi connectivity index (χ0n) is 10.5. The van der Waals surface area contributed by atoms with Gasteiger partial charge in [0.2, 0.25) is 0 Å². The summed E-state index contributed by atoms with van der Waals surface area (Å²) in [6, 6.07) is 2.15. The van der Waals surface area contributed by atoms with E-state index in [1.165, 1.54) is 0 Å². The smallest absolute Gasteiger partial charge is 0.0953 e. The molecule has 2 N–H and O–H groups in total. The molecule has 0 aliphatic carbocycles. The quantitative estimate of drug-likeness (QED) is 0.904. The van der Waals surface area contributed by atoms with Crippen molar-refractivity contribution in [1.82, 2.24) is 14.5 Å². The van der Waals surface area contributed by atoms with Gasteiger partial charge in [0.05, 0.1) is 18.2 Å². The number of hydrogen-bond donors (Lipinski definition) is 1. The van der Waals surface area contributed by atoms with Gasteiger partial charge in [0.15, 0.2) is 0 Å². The van der Waals surface area contributed by atoms with Crippen LogP contribution in [0.3, 0.4) is 0 Å². The first-order chi connectivity index (χ1) is 9.25. The SMILES string of the molecule is Nc1ccncc1-c1cncn1C1CCS(=O)CC1. The molecule has 0 aromatic carbocycles. The Balaban J connectivity index is 1.95. The lowest BCUT2D eigenvalue weighted by atomic mass is 10.1. The standard InChI is InChI=1S/C13H16N4OS/c14-12-1-4-15-7-11(12)13-8-16-9-17(13)10-2-5-19(18)6-3-10/h1,4,7-10H,2-3,5-6H2,(H2,14,15). The number of pyridine rings is 1. The highest BCUT2D eigenvalue weighted by Crippen LogP contribution is 2.30. The Bertz CT molecular complexity index is 600. The first-order valence-corrected chi connectivity index (χ1v) is 7.81. The second kappa shape index (κ2) is 5.13. The van der Waals surface area contributed by atoms with Crippen LogP contribution in [0.5, 0.6) is 0 Å². The average Bonchev–Trinajstić information content (AvgIpc) is 2.89. The maximum Gasteiger partial charge on any atom is 0.0953 e. The summed E-state index contributed by atoms with van der Waals surface area (Å²) >= 11 is 0. The number of hydrogen-bond acceptors (Lipinski definition) is 4. The van der Waals surface area contributed by atoms with E-state index < -0.39 is 10.8 Å². The molecule has 0 bridgehead atoms. The summed E-state index contributed by atoms with van der Waals surface area (Å²) < 4.78 is 13.6. The molecule has 2 aromatic heterocycles. The van der Waals surface area contributed by atoms with Crippen molar-refractivity contribution in [3.8, 4) is 11.3 Å². The van der Waals surface area contributed by atoms with E-state index >= 15 is 0 Å². The molecule has 1 fully saturated rings. The van der Waals surface area contributed by atoms with Crippen molar-refractivity contribution in [2.24, 2.45) is 0 Å². The Hall–Kier alpha value is -1.69. The summed E-state index contributed by atoms with van der Waals surface area (Å²) in [5.41, 5.74) is 8.61. The van der Waals surface area contributed by atoms with Gasteiger partial charge in [-0.25, -0.2) is 4.98 Å². The molecule has 1 aliphatic heterocycles. The molecule has 3 rings (SSSR count). The lowest BCUT2D eigenvalue weighted by molar-refractivity contribution is 0.465. The highest BCUT2D eigenvalue weighted by Gasteiger charge is 2.22. The lowest BCUT2D eigenvalue weighted by Gasteiger charge is -2.24. The fourth-order valence-corrected chi connectivity index (χ4v) is 3.76. The molecule has 0 radical (unpaired) electrons. The molecule has 2 aromatic rings. The molecule has 100 valence electrons. The first-order valence-electron chi connectivity index (χ1n) is 6.32. The van der Waals surface area contributed by atoms with Gasteiger partial charge < -0.3 is 10.3 Å². The van der Waals surface area contributed by atoms with Crippen LogP contribution in [0.2, 0.25) is 0 Å². The number of imidazole rings is 1. The molecular weight excluding hydrogens is 260 g/mol. The van der Waals surface area contributed by atoms with Crippen LogP contribution in [0.25, 0.3) is 11.3 Å².